The van der Waals surface area contributed by atoms with E-state index in [9.17, 15) is 13.2 Å². The van der Waals surface area contributed by atoms with E-state index in [0.29, 0.717) is 0 Å². The van der Waals surface area contributed by atoms with Gasteiger partial charge in [-0.3, -0.25) is 4.79 Å². The number of carbonyl (C=O) groups is 1. The lowest BCUT2D eigenvalue weighted by atomic mass is 10.0. The van der Waals surface area contributed by atoms with Crippen molar-refractivity contribution < 1.29 is 18.3 Å². The lowest BCUT2D eigenvalue weighted by Gasteiger charge is -2.23. The highest BCUT2D eigenvalue weighted by Gasteiger charge is 2.36. The third kappa shape index (κ3) is 3.11. The zero-order chi connectivity index (χ0) is 14.1. The van der Waals surface area contributed by atoms with Crippen molar-refractivity contribution in [1.29, 1.82) is 0 Å². The van der Waals surface area contributed by atoms with Crippen LogP contribution in [0.4, 0.5) is 0 Å². The summed E-state index contributed by atoms with van der Waals surface area (Å²) < 4.78 is 27.2. The Labute approximate surface area is 118 Å². The van der Waals surface area contributed by atoms with Crippen molar-refractivity contribution in [3.8, 4) is 0 Å². The molecule has 0 saturated heterocycles. The van der Waals surface area contributed by atoms with Crippen molar-refractivity contribution in [2.24, 2.45) is 0 Å². The Morgan fingerprint density at radius 3 is 2.50 bits per heavy atom. The molecule has 1 unspecified atom stereocenters. The highest BCUT2D eigenvalue weighted by molar-refractivity contribution is 9.11. The number of rotatable bonds is 5. The highest BCUT2D eigenvalue weighted by atomic mass is 79.9. The van der Waals surface area contributed by atoms with Crippen LogP contribution in [0, 0.1) is 6.92 Å². The number of aliphatic carboxylic acids is 1. The number of hydrogen-bond donors (Lipinski definition) is 2. The van der Waals surface area contributed by atoms with E-state index >= 15 is 0 Å². The van der Waals surface area contributed by atoms with E-state index < -0.39 is 21.5 Å². The summed E-state index contributed by atoms with van der Waals surface area (Å²) in [6.45, 7) is 4.74. The monoisotopic (exact) mass is 355 g/mol. The predicted octanol–water partition coefficient (Wildman–Crippen LogP) is 2.35. The zero-order valence-electron chi connectivity index (χ0n) is 10.2. The second-order valence-electron chi connectivity index (χ2n) is 4.12. The van der Waals surface area contributed by atoms with Crippen LogP contribution in [0.2, 0.25) is 0 Å². The Kier molecular flexibility index (Phi) is 4.58. The van der Waals surface area contributed by atoms with Gasteiger partial charge in [0.25, 0.3) is 10.0 Å². The molecule has 5 nitrogen and oxygen atoms in total. The molecule has 1 aromatic rings. The van der Waals surface area contributed by atoms with Crippen LogP contribution < -0.4 is 4.72 Å². The van der Waals surface area contributed by atoms with Gasteiger partial charge in [-0.2, -0.15) is 4.72 Å². The largest absolute Gasteiger partial charge is 0.480 e. The molecule has 0 spiro atoms. The number of halogens is 1. The first kappa shape index (κ1) is 15.6. The number of carboxylic acids is 1. The lowest BCUT2D eigenvalue weighted by molar-refractivity contribution is -0.143. The van der Waals surface area contributed by atoms with E-state index in [2.05, 4.69) is 20.7 Å². The molecule has 0 saturated carbocycles. The van der Waals surface area contributed by atoms with Crippen molar-refractivity contribution in [3.63, 3.8) is 0 Å². The summed E-state index contributed by atoms with van der Waals surface area (Å²) >= 11 is 4.30. The van der Waals surface area contributed by atoms with Crippen molar-refractivity contribution in [2.75, 3.05) is 0 Å². The van der Waals surface area contributed by atoms with Gasteiger partial charge in [-0.05, 0) is 47.8 Å². The van der Waals surface area contributed by atoms with Gasteiger partial charge >= 0.3 is 5.97 Å². The quantitative estimate of drug-likeness (QED) is 0.848. The smallest absolute Gasteiger partial charge is 0.324 e. The van der Waals surface area contributed by atoms with Gasteiger partial charge in [-0.15, -0.1) is 11.3 Å². The highest BCUT2D eigenvalue weighted by Crippen LogP contribution is 2.31. The van der Waals surface area contributed by atoms with Gasteiger partial charge in [-0.1, -0.05) is 6.92 Å². The molecule has 0 bridgehead atoms. The predicted molar refractivity (Wildman–Crippen MR) is 73.4 cm³/mol. The third-order valence-corrected chi connectivity index (χ3v) is 6.84. The van der Waals surface area contributed by atoms with Crippen LogP contribution in [0.3, 0.4) is 0 Å². The van der Waals surface area contributed by atoms with Crippen molar-refractivity contribution in [2.45, 2.75) is 36.9 Å². The molecule has 1 rings (SSSR count). The number of carboxylic acid groups (broad SMARTS) is 1. The minimum absolute atomic E-state index is 0.104. The van der Waals surface area contributed by atoms with E-state index in [1.54, 1.807) is 13.8 Å². The number of hydrogen-bond acceptors (Lipinski definition) is 4. The van der Waals surface area contributed by atoms with E-state index in [4.69, 9.17) is 5.11 Å². The Morgan fingerprint density at radius 1 is 1.61 bits per heavy atom. The molecule has 1 atom stereocenters. The minimum atomic E-state index is -3.82. The average Bonchev–Trinajstić information content (AvgIpc) is 2.59. The maximum Gasteiger partial charge on any atom is 0.324 e. The van der Waals surface area contributed by atoms with Crippen LogP contribution >= 0.6 is 27.3 Å². The number of sulfonamides is 1. The molecule has 0 amide bonds. The van der Waals surface area contributed by atoms with Crippen LogP contribution in [0.5, 0.6) is 0 Å². The molecule has 2 N–H and O–H groups in total. The third-order valence-electron chi connectivity index (χ3n) is 2.64. The van der Waals surface area contributed by atoms with E-state index in [0.717, 1.165) is 20.7 Å². The molecule has 0 aromatic carbocycles. The average molecular weight is 356 g/mol. The number of aryl methyl sites for hydroxylation is 1. The summed E-state index contributed by atoms with van der Waals surface area (Å²) in [6, 6.07) is 1.51. The van der Waals surface area contributed by atoms with Gasteiger partial charge in [0.1, 0.15) is 9.75 Å². The van der Waals surface area contributed by atoms with E-state index in [-0.39, 0.29) is 10.6 Å². The van der Waals surface area contributed by atoms with Gasteiger partial charge < -0.3 is 5.11 Å². The molecule has 1 heterocycles. The number of thiophene rings is 1. The Hall–Kier alpha value is -0.440. The standard InChI is InChI=1S/C10H14BrNO4S2/c1-4-10(3,9(13)14)12-18(15,16)7-5-6(2)8(11)17-7/h5,12H,4H2,1-3H3,(H,13,14). The van der Waals surface area contributed by atoms with Crippen LogP contribution in [-0.2, 0) is 14.8 Å². The molecule has 0 aliphatic heterocycles. The fraction of sp³-hybridized carbons (Fsp3) is 0.500. The molecule has 18 heavy (non-hydrogen) atoms. The topological polar surface area (TPSA) is 83.5 Å². The van der Waals surface area contributed by atoms with Crippen LogP contribution in [-0.4, -0.2) is 25.0 Å². The van der Waals surface area contributed by atoms with Gasteiger partial charge in [0.15, 0.2) is 0 Å². The molecule has 0 radical (unpaired) electrons. The first-order valence-corrected chi connectivity index (χ1v) is 8.25. The molecule has 0 fully saturated rings. The van der Waals surface area contributed by atoms with Crippen molar-refractivity contribution in [3.05, 3.63) is 15.4 Å². The second-order valence-corrected chi connectivity index (χ2v) is 8.40. The second kappa shape index (κ2) is 5.28. The molecular formula is C10H14BrNO4S2. The summed E-state index contributed by atoms with van der Waals surface area (Å²) in [5.74, 6) is -1.19. The first-order chi connectivity index (χ1) is 8.12. The zero-order valence-corrected chi connectivity index (χ0v) is 13.4. The fourth-order valence-electron chi connectivity index (χ4n) is 1.18. The van der Waals surface area contributed by atoms with Crippen molar-refractivity contribution in [1.82, 2.24) is 4.72 Å². The van der Waals surface area contributed by atoms with Crippen LogP contribution in [0.1, 0.15) is 25.8 Å². The van der Waals surface area contributed by atoms with Gasteiger partial charge in [0.2, 0.25) is 0 Å². The molecule has 0 aliphatic rings. The maximum absolute atomic E-state index is 12.1. The number of nitrogens with one attached hydrogen (secondary N) is 1. The molecular weight excluding hydrogens is 342 g/mol. The van der Waals surface area contributed by atoms with Crippen LogP contribution in [0.25, 0.3) is 0 Å². The first-order valence-electron chi connectivity index (χ1n) is 5.15. The molecule has 1 aromatic heterocycles. The minimum Gasteiger partial charge on any atom is -0.480 e. The molecule has 102 valence electrons. The summed E-state index contributed by atoms with van der Waals surface area (Å²) in [6.07, 6.45) is 0.160. The van der Waals surface area contributed by atoms with E-state index in [1.807, 2.05) is 0 Å². The Morgan fingerprint density at radius 2 is 2.17 bits per heavy atom. The van der Waals surface area contributed by atoms with Crippen LogP contribution in [0.15, 0.2) is 14.1 Å². The summed E-state index contributed by atoms with van der Waals surface area (Å²) in [4.78, 5) is 11.1. The van der Waals surface area contributed by atoms with E-state index in [1.165, 1.54) is 13.0 Å². The molecule has 8 heteroatoms. The Balaban J connectivity index is 3.13. The normalized spacial score (nSPS) is 15.3. The Bertz CT molecular complexity index is 547. The SMILES string of the molecule is CCC(C)(NS(=O)(=O)c1cc(C)c(Br)s1)C(=O)O. The van der Waals surface area contributed by atoms with Gasteiger partial charge in [0.05, 0.1) is 3.79 Å². The lowest BCUT2D eigenvalue weighted by Crippen LogP contribution is -2.51. The maximum atomic E-state index is 12.1. The summed E-state index contributed by atoms with van der Waals surface area (Å²) in [5.41, 5.74) is -0.697. The summed E-state index contributed by atoms with van der Waals surface area (Å²) in [7, 11) is -3.82. The fourth-order valence-corrected chi connectivity index (χ4v) is 4.84. The van der Waals surface area contributed by atoms with Crippen molar-refractivity contribution >= 4 is 43.3 Å². The molecule has 0 aliphatic carbocycles. The summed E-state index contributed by atoms with van der Waals surface area (Å²) in [5, 5.41) is 9.07. The van der Waals surface area contributed by atoms with Gasteiger partial charge in [0, 0.05) is 0 Å². The van der Waals surface area contributed by atoms with Gasteiger partial charge in [-0.25, -0.2) is 8.42 Å².